The van der Waals surface area contributed by atoms with E-state index in [4.69, 9.17) is 0 Å². The van der Waals surface area contributed by atoms with E-state index in [-0.39, 0.29) is 6.08 Å². The fourth-order valence-corrected chi connectivity index (χ4v) is 1.89. The summed E-state index contributed by atoms with van der Waals surface area (Å²) >= 11 is 0. The molecule has 0 atom stereocenters. The molecule has 1 aliphatic carbocycles. The van der Waals surface area contributed by atoms with Crippen molar-refractivity contribution in [1.29, 1.82) is 0 Å². The van der Waals surface area contributed by atoms with E-state index < -0.39 is 48.9 Å². The first-order valence-electron chi connectivity index (χ1n) is 5.26. The zero-order valence-corrected chi connectivity index (χ0v) is 10.8. The standard InChI is InChI=1S/C8H9N5O8/c1-9(2)7-5(10(14)15)3-8(12(18)19,13(20)21)4-6(7)11(16)17/h3H,4H2,1-2H3. The van der Waals surface area contributed by atoms with Crippen LogP contribution in [0.25, 0.3) is 0 Å². The summed E-state index contributed by atoms with van der Waals surface area (Å²) in [4.78, 5) is 39.9. The van der Waals surface area contributed by atoms with Crippen LogP contribution in [0.5, 0.6) is 0 Å². The molecule has 0 aromatic rings. The van der Waals surface area contributed by atoms with E-state index in [0.717, 1.165) is 4.90 Å². The lowest BCUT2D eigenvalue weighted by Gasteiger charge is -2.21. The molecule has 0 aromatic heterocycles. The topological polar surface area (TPSA) is 176 Å². The maximum Gasteiger partial charge on any atom is 0.494 e. The van der Waals surface area contributed by atoms with Gasteiger partial charge in [-0.1, -0.05) is 0 Å². The van der Waals surface area contributed by atoms with Gasteiger partial charge in [0, 0.05) is 14.1 Å². The average Bonchev–Trinajstić information content (AvgIpc) is 2.35. The lowest BCUT2D eigenvalue weighted by molar-refractivity contribution is -0.783. The molecule has 0 radical (unpaired) electrons. The Morgan fingerprint density at radius 2 is 1.48 bits per heavy atom. The highest BCUT2D eigenvalue weighted by molar-refractivity contribution is 5.33. The molecule has 0 saturated carbocycles. The van der Waals surface area contributed by atoms with Gasteiger partial charge in [0.15, 0.2) is 18.2 Å². The average molecular weight is 303 g/mol. The van der Waals surface area contributed by atoms with Gasteiger partial charge in [0.25, 0.3) is 5.70 Å². The van der Waals surface area contributed by atoms with Crippen LogP contribution in [0.15, 0.2) is 23.2 Å². The molecule has 114 valence electrons. The van der Waals surface area contributed by atoms with Gasteiger partial charge in [-0.2, -0.15) is 0 Å². The number of hydrogen-bond acceptors (Lipinski definition) is 9. The van der Waals surface area contributed by atoms with E-state index in [1.54, 1.807) is 0 Å². The zero-order valence-electron chi connectivity index (χ0n) is 10.8. The number of nitro groups is 4. The van der Waals surface area contributed by atoms with Crippen LogP contribution in [0.1, 0.15) is 6.42 Å². The van der Waals surface area contributed by atoms with Crippen molar-refractivity contribution in [1.82, 2.24) is 4.90 Å². The largest absolute Gasteiger partial charge is 0.494 e. The van der Waals surface area contributed by atoms with Gasteiger partial charge in [-0.05, 0) is 0 Å². The van der Waals surface area contributed by atoms with Gasteiger partial charge in [0.2, 0.25) is 0 Å². The van der Waals surface area contributed by atoms with Gasteiger partial charge in [0.1, 0.15) is 9.85 Å². The Balaban J connectivity index is 3.73. The number of hydrogen-bond donors (Lipinski definition) is 0. The van der Waals surface area contributed by atoms with Gasteiger partial charge >= 0.3 is 11.4 Å². The first kappa shape index (κ1) is 15.9. The van der Waals surface area contributed by atoms with E-state index >= 15 is 0 Å². The fraction of sp³-hybridized carbons (Fsp3) is 0.500. The van der Waals surface area contributed by atoms with Crippen LogP contribution in [-0.4, -0.2) is 44.4 Å². The van der Waals surface area contributed by atoms with Crippen LogP contribution in [0.3, 0.4) is 0 Å². The third-order valence-corrected chi connectivity index (χ3v) is 2.81. The van der Waals surface area contributed by atoms with Gasteiger partial charge in [-0.15, -0.1) is 0 Å². The predicted molar refractivity (Wildman–Crippen MR) is 64.1 cm³/mol. The summed E-state index contributed by atoms with van der Waals surface area (Å²) in [5.74, 6) is 0. The van der Waals surface area contributed by atoms with E-state index in [2.05, 4.69) is 0 Å². The van der Waals surface area contributed by atoms with Crippen molar-refractivity contribution in [2.75, 3.05) is 14.1 Å². The fourth-order valence-electron chi connectivity index (χ4n) is 1.89. The number of nitrogens with zero attached hydrogens (tertiary/aromatic N) is 5. The monoisotopic (exact) mass is 303 g/mol. The maximum absolute atomic E-state index is 11.0. The van der Waals surface area contributed by atoms with Gasteiger partial charge in [-0.3, -0.25) is 40.5 Å². The summed E-state index contributed by atoms with van der Waals surface area (Å²) in [7, 11) is 2.50. The minimum Gasteiger partial charge on any atom is -0.367 e. The van der Waals surface area contributed by atoms with E-state index in [9.17, 15) is 40.5 Å². The second kappa shape index (κ2) is 5.10. The highest BCUT2D eigenvalue weighted by Crippen LogP contribution is 2.35. The zero-order chi connectivity index (χ0) is 16.5. The highest BCUT2D eigenvalue weighted by atomic mass is 16.7. The molecule has 0 bridgehead atoms. The SMILES string of the molecule is CN(C)C1=C([N+](=O)[O-])CC([N+](=O)[O-])([N+](=O)[O-])C=C1[N+](=O)[O-]. The normalized spacial score (nSPS) is 17.0. The van der Waals surface area contributed by atoms with Crippen molar-refractivity contribution in [2.45, 2.75) is 12.1 Å². The number of rotatable bonds is 5. The third kappa shape index (κ3) is 2.47. The third-order valence-electron chi connectivity index (χ3n) is 2.81. The van der Waals surface area contributed by atoms with Crippen LogP contribution in [0, 0.1) is 40.5 Å². The highest BCUT2D eigenvalue weighted by Gasteiger charge is 2.63. The molecule has 1 aliphatic rings. The van der Waals surface area contributed by atoms with E-state index in [1.165, 1.54) is 14.1 Å². The molecule has 0 saturated heterocycles. The predicted octanol–water partition coefficient (Wildman–Crippen LogP) is -0.150. The summed E-state index contributed by atoms with van der Waals surface area (Å²) < 4.78 is 0. The number of likely N-dealkylation sites (N-methyl/N-ethyl adjacent to an activating group) is 1. The molecule has 13 heteroatoms. The molecule has 0 spiro atoms. The molecule has 0 aromatic carbocycles. The summed E-state index contributed by atoms with van der Waals surface area (Å²) in [5.41, 5.74) is -5.65. The van der Waals surface area contributed by atoms with E-state index in [1.807, 2.05) is 0 Å². The molecule has 21 heavy (non-hydrogen) atoms. The molecule has 1 rings (SSSR count). The molecule has 0 fully saturated rings. The Bertz CT molecular complexity index is 592. The Morgan fingerprint density at radius 1 is 1.00 bits per heavy atom. The van der Waals surface area contributed by atoms with E-state index in [0.29, 0.717) is 0 Å². The molecule has 0 aliphatic heterocycles. The first-order valence-corrected chi connectivity index (χ1v) is 5.26. The molecule has 0 amide bonds. The molecule has 13 nitrogen and oxygen atoms in total. The van der Waals surface area contributed by atoms with Crippen molar-refractivity contribution in [3.05, 3.63) is 63.6 Å². The van der Waals surface area contributed by atoms with Crippen molar-refractivity contribution >= 4 is 0 Å². The van der Waals surface area contributed by atoms with Crippen molar-refractivity contribution in [3.63, 3.8) is 0 Å². The van der Waals surface area contributed by atoms with Crippen LogP contribution in [0.2, 0.25) is 0 Å². The molecular formula is C8H9N5O8. The first-order chi connectivity index (χ1) is 9.54. The second-order valence-corrected chi connectivity index (χ2v) is 4.30. The van der Waals surface area contributed by atoms with Crippen LogP contribution >= 0.6 is 0 Å². The molecule has 0 unspecified atom stereocenters. The van der Waals surface area contributed by atoms with Gasteiger partial charge < -0.3 is 4.90 Å². The van der Waals surface area contributed by atoms with Crippen LogP contribution in [-0.2, 0) is 0 Å². The van der Waals surface area contributed by atoms with Crippen LogP contribution in [0.4, 0.5) is 0 Å². The second-order valence-electron chi connectivity index (χ2n) is 4.30. The Kier molecular flexibility index (Phi) is 3.87. The summed E-state index contributed by atoms with van der Waals surface area (Å²) in [5, 5.41) is 43.9. The van der Waals surface area contributed by atoms with Crippen molar-refractivity contribution in [2.24, 2.45) is 0 Å². The molecule has 0 N–H and O–H groups in total. The van der Waals surface area contributed by atoms with Gasteiger partial charge in [-0.25, -0.2) is 0 Å². The quantitative estimate of drug-likeness (QED) is 0.379. The van der Waals surface area contributed by atoms with Crippen LogP contribution < -0.4 is 0 Å². The Labute approximate surface area is 115 Å². The summed E-state index contributed by atoms with van der Waals surface area (Å²) in [6.45, 7) is 0. The Morgan fingerprint density at radius 3 is 1.76 bits per heavy atom. The minimum absolute atomic E-state index is 0.231. The lowest BCUT2D eigenvalue weighted by atomic mass is 9.95. The smallest absolute Gasteiger partial charge is 0.367 e. The lowest BCUT2D eigenvalue weighted by Crippen LogP contribution is -2.48. The minimum atomic E-state index is -3.13. The summed E-state index contributed by atoms with van der Waals surface area (Å²) in [6.07, 6.45) is -0.958. The summed E-state index contributed by atoms with van der Waals surface area (Å²) in [6, 6.07) is 0. The Hall–Kier alpha value is -3.12. The molecule has 0 heterocycles. The van der Waals surface area contributed by atoms with Gasteiger partial charge in [0.05, 0.1) is 9.85 Å². The molecular weight excluding hydrogens is 294 g/mol. The maximum atomic E-state index is 11.0. The van der Waals surface area contributed by atoms with Crippen molar-refractivity contribution in [3.8, 4) is 0 Å². The van der Waals surface area contributed by atoms with Crippen molar-refractivity contribution < 1.29 is 19.7 Å².